The molecule has 0 fully saturated rings. The fraction of sp³-hybridized carbons (Fsp3) is 0.0278. The summed E-state index contributed by atoms with van der Waals surface area (Å²) < 4.78 is 0. The summed E-state index contributed by atoms with van der Waals surface area (Å²) in [6, 6.07) is 31.7. The lowest BCUT2D eigenvalue weighted by molar-refractivity contribution is -0.384. The highest BCUT2D eigenvalue weighted by Crippen LogP contribution is 2.63. The molecule has 4 aliphatic rings. The molecule has 0 atom stereocenters. The topological polar surface area (TPSA) is 97.6 Å². The molecule has 1 heterocycles. The van der Waals surface area contributed by atoms with E-state index >= 15 is 4.79 Å². The van der Waals surface area contributed by atoms with Crippen LogP contribution in [0.4, 0.5) is 11.4 Å². The number of benzene rings is 5. The molecule has 0 radical (unpaired) electrons. The highest BCUT2D eigenvalue weighted by molar-refractivity contribution is 6.41. The van der Waals surface area contributed by atoms with Crippen molar-refractivity contribution in [1.29, 1.82) is 0 Å². The van der Waals surface area contributed by atoms with Gasteiger partial charge in [-0.15, -0.1) is 0 Å². The Morgan fingerprint density at radius 2 is 1.09 bits per heavy atom. The summed E-state index contributed by atoms with van der Waals surface area (Å²) in [4.78, 5) is 57.2. The molecule has 1 spiro atoms. The molecule has 0 aromatic heterocycles. The summed E-state index contributed by atoms with van der Waals surface area (Å²) in [6.07, 6.45) is 0. The number of non-ortho nitro benzene ring substituents is 1. The maximum absolute atomic E-state index is 15.0. The number of hydrogen-bond donors (Lipinski definition) is 0. The number of fused-ring (bicyclic) bond motifs is 7. The highest BCUT2D eigenvalue weighted by atomic mass is 16.6. The van der Waals surface area contributed by atoms with Gasteiger partial charge >= 0.3 is 0 Å². The van der Waals surface area contributed by atoms with E-state index in [2.05, 4.69) is 0 Å². The van der Waals surface area contributed by atoms with Crippen LogP contribution in [0.2, 0.25) is 0 Å². The molecule has 0 unspecified atom stereocenters. The molecule has 202 valence electrons. The fourth-order valence-electron chi connectivity index (χ4n) is 7.57. The molecule has 0 saturated heterocycles. The molecule has 0 N–H and O–H groups in total. The van der Waals surface area contributed by atoms with Gasteiger partial charge in [0.2, 0.25) is 0 Å². The SMILES string of the molecule is O=C1C2=C(c3ccccc31)N(c1ccc([N+](=O)[O-])cc1)C1=C(C(=O)c3ccccc31)C21C(=O)c2cccc3cccc1c23. The molecule has 0 bridgehead atoms. The number of nitro groups is 1. The van der Waals surface area contributed by atoms with Crippen molar-refractivity contribution < 1.29 is 19.3 Å². The third kappa shape index (κ3) is 2.63. The molecule has 7 nitrogen and oxygen atoms in total. The van der Waals surface area contributed by atoms with Gasteiger partial charge in [0.05, 0.1) is 16.3 Å². The van der Waals surface area contributed by atoms with E-state index in [1.165, 1.54) is 12.1 Å². The van der Waals surface area contributed by atoms with Crippen molar-refractivity contribution in [2.45, 2.75) is 5.41 Å². The van der Waals surface area contributed by atoms with Gasteiger partial charge < -0.3 is 4.90 Å². The van der Waals surface area contributed by atoms with Gasteiger partial charge in [0, 0.05) is 56.8 Å². The van der Waals surface area contributed by atoms with Crippen molar-refractivity contribution in [1.82, 2.24) is 0 Å². The van der Waals surface area contributed by atoms with Gasteiger partial charge in [-0.1, -0.05) is 84.9 Å². The number of allylic oxidation sites excluding steroid dienone is 2. The molecule has 1 aliphatic heterocycles. The van der Waals surface area contributed by atoms with E-state index in [4.69, 9.17) is 0 Å². The molecule has 5 aromatic carbocycles. The minimum absolute atomic E-state index is 0.0838. The summed E-state index contributed by atoms with van der Waals surface area (Å²) >= 11 is 0. The summed E-state index contributed by atoms with van der Waals surface area (Å²) in [5.41, 5.74) is 3.53. The number of carbonyl (C=O) groups excluding carboxylic acids is 3. The van der Waals surface area contributed by atoms with Crippen LogP contribution in [0.25, 0.3) is 22.2 Å². The van der Waals surface area contributed by atoms with E-state index in [1.807, 2.05) is 59.5 Å². The average molecular weight is 559 g/mol. The molecule has 0 saturated carbocycles. The Hall–Kier alpha value is -5.95. The average Bonchev–Trinajstić information content (AvgIpc) is 3.60. The van der Waals surface area contributed by atoms with Gasteiger partial charge in [0.1, 0.15) is 5.41 Å². The Kier molecular flexibility index (Phi) is 4.34. The lowest BCUT2D eigenvalue weighted by Crippen LogP contribution is -2.46. The first-order valence-electron chi connectivity index (χ1n) is 13.8. The number of Topliss-reactive ketones (excluding diaryl/α,β-unsaturated/α-hetero) is 3. The van der Waals surface area contributed by atoms with Gasteiger partial charge in [0.15, 0.2) is 17.3 Å². The third-order valence-electron chi connectivity index (χ3n) is 9.19. The largest absolute Gasteiger partial charge is 0.308 e. The van der Waals surface area contributed by atoms with Crippen LogP contribution >= 0.6 is 0 Å². The molecule has 9 rings (SSSR count). The summed E-state index contributed by atoms with van der Waals surface area (Å²) in [5.74, 6) is -0.929. The second-order valence-corrected chi connectivity index (χ2v) is 11.1. The predicted molar refractivity (Wildman–Crippen MR) is 161 cm³/mol. The van der Waals surface area contributed by atoms with Crippen molar-refractivity contribution in [3.05, 3.63) is 164 Å². The fourth-order valence-corrected chi connectivity index (χ4v) is 7.57. The van der Waals surface area contributed by atoms with Crippen molar-refractivity contribution in [3.63, 3.8) is 0 Å². The minimum Gasteiger partial charge on any atom is -0.308 e. The van der Waals surface area contributed by atoms with Gasteiger partial charge in [0.25, 0.3) is 5.69 Å². The van der Waals surface area contributed by atoms with Crippen LogP contribution in [-0.4, -0.2) is 22.3 Å². The van der Waals surface area contributed by atoms with Crippen LogP contribution in [0, 0.1) is 10.1 Å². The maximum Gasteiger partial charge on any atom is 0.269 e. The molecule has 0 amide bonds. The zero-order chi connectivity index (χ0) is 29.2. The summed E-state index contributed by atoms with van der Waals surface area (Å²) in [5, 5.41) is 13.1. The molecular formula is C36H18N2O5. The van der Waals surface area contributed by atoms with Crippen LogP contribution in [0.5, 0.6) is 0 Å². The van der Waals surface area contributed by atoms with Crippen LogP contribution < -0.4 is 4.90 Å². The van der Waals surface area contributed by atoms with E-state index < -0.39 is 10.3 Å². The normalized spacial score (nSPS) is 17.1. The Labute approximate surface area is 244 Å². The number of ketones is 3. The number of hydrogen-bond acceptors (Lipinski definition) is 6. The van der Waals surface area contributed by atoms with E-state index in [0.29, 0.717) is 50.5 Å². The molecular weight excluding hydrogens is 540 g/mol. The van der Waals surface area contributed by atoms with Crippen LogP contribution in [0.15, 0.2) is 120 Å². The monoisotopic (exact) mass is 558 g/mol. The zero-order valence-electron chi connectivity index (χ0n) is 22.3. The molecule has 3 aliphatic carbocycles. The second kappa shape index (κ2) is 7.86. The van der Waals surface area contributed by atoms with Crippen LogP contribution in [0.3, 0.4) is 0 Å². The Morgan fingerprint density at radius 1 is 0.581 bits per heavy atom. The second-order valence-electron chi connectivity index (χ2n) is 11.1. The Morgan fingerprint density at radius 3 is 1.65 bits per heavy atom. The quantitative estimate of drug-likeness (QED) is 0.172. The van der Waals surface area contributed by atoms with Crippen LogP contribution in [-0.2, 0) is 5.41 Å². The molecule has 7 heteroatoms. The Bertz CT molecular complexity index is 2190. The molecule has 43 heavy (non-hydrogen) atoms. The van der Waals surface area contributed by atoms with Crippen molar-refractivity contribution in [3.8, 4) is 0 Å². The first-order chi connectivity index (χ1) is 20.9. The minimum atomic E-state index is -1.67. The van der Waals surface area contributed by atoms with E-state index in [9.17, 15) is 19.7 Å². The summed E-state index contributed by atoms with van der Waals surface area (Å²) in [6.45, 7) is 0. The highest BCUT2D eigenvalue weighted by Gasteiger charge is 2.64. The zero-order valence-corrected chi connectivity index (χ0v) is 22.3. The maximum atomic E-state index is 15.0. The number of anilines is 1. The lowest BCUT2D eigenvalue weighted by atomic mass is 9.64. The number of nitro benzene ring substituents is 1. The predicted octanol–water partition coefficient (Wildman–Crippen LogP) is 6.92. The number of nitrogens with zero attached hydrogens (tertiary/aromatic N) is 2. The number of rotatable bonds is 2. The van der Waals surface area contributed by atoms with E-state index in [1.54, 1.807) is 42.5 Å². The van der Waals surface area contributed by atoms with Crippen molar-refractivity contribution >= 4 is 50.9 Å². The van der Waals surface area contributed by atoms with Gasteiger partial charge in [-0.25, -0.2) is 0 Å². The van der Waals surface area contributed by atoms with E-state index in [-0.39, 0.29) is 34.2 Å². The van der Waals surface area contributed by atoms with Gasteiger partial charge in [-0.3, -0.25) is 24.5 Å². The standard InChI is InChI=1S/C36H18N2O5/c39-33-24-11-3-1-9-22(24)31-29(33)36(27-14-6-8-19-7-5-13-26(28(19)27)35(36)41)30-32(23-10-2-4-12-25(23)34(30)40)37(31)20-15-17-21(18-16-20)38(42)43/h1-18H. The lowest BCUT2D eigenvalue weighted by Gasteiger charge is -2.41. The molecule has 5 aromatic rings. The van der Waals surface area contributed by atoms with Crippen molar-refractivity contribution in [2.24, 2.45) is 0 Å². The van der Waals surface area contributed by atoms with Gasteiger partial charge in [-0.05, 0) is 28.5 Å². The van der Waals surface area contributed by atoms with Crippen molar-refractivity contribution in [2.75, 3.05) is 4.90 Å². The van der Waals surface area contributed by atoms with E-state index in [0.717, 1.165) is 10.8 Å². The third-order valence-corrected chi connectivity index (χ3v) is 9.19. The number of carbonyl (C=O) groups is 3. The smallest absolute Gasteiger partial charge is 0.269 e. The first kappa shape index (κ1) is 23.7. The summed E-state index contributed by atoms with van der Waals surface area (Å²) in [7, 11) is 0. The Balaban J connectivity index is 1.48. The first-order valence-corrected chi connectivity index (χ1v) is 13.8. The van der Waals surface area contributed by atoms with Gasteiger partial charge in [-0.2, -0.15) is 0 Å². The van der Waals surface area contributed by atoms with Crippen LogP contribution in [0.1, 0.15) is 47.8 Å².